The molecule has 0 radical (unpaired) electrons. The van der Waals surface area contributed by atoms with Crippen LogP contribution in [0.15, 0.2) is 6.07 Å². The fourth-order valence-electron chi connectivity index (χ4n) is 1.57. The van der Waals surface area contributed by atoms with Gasteiger partial charge in [0, 0.05) is 9.75 Å². The summed E-state index contributed by atoms with van der Waals surface area (Å²) in [6, 6.07) is 0.0810. The largest absolute Gasteiger partial charge is 0.327 e. The highest BCUT2D eigenvalue weighted by molar-refractivity contribution is 7.12. The van der Waals surface area contributed by atoms with E-state index in [0.717, 1.165) is 16.2 Å². The van der Waals surface area contributed by atoms with Gasteiger partial charge in [-0.05, 0) is 32.5 Å². The highest BCUT2D eigenvalue weighted by Gasteiger charge is 2.49. The molecule has 0 saturated carbocycles. The Morgan fingerprint density at radius 1 is 1.31 bits per heavy atom. The number of hydrogen-bond donors (Lipinski definition) is 1. The zero-order valence-corrected chi connectivity index (χ0v) is 9.97. The first kappa shape index (κ1) is 13.4. The smallest absolute Gasteiger partial charge is 0.307 e. The molecule has 0 aromatic carbocycles. The Morgan fingerprint density at radius 3 is 2.19 bits per heavy atom. The number of hydrogen-bond acceptors (Lipinski definition) is 2. The van der Waals surface area contributed by atoms with Crippen molar-refractivity contribution < 1.29 is 17.6 Å². The van der Waals surface area contributed by atoms with E-state index >= 15 is 0 Å². The zero-order chi connectivity index (χ0) is 12.5. The Labute approximate surface area is 95.5 Å². The average molecular weight is 255 g/mol. The highest BCUT2D eigenvalue weighted by atomic mass is 32.1. The first-order chi connectivity index (χ1) is 7.30. The third-order valence-corrected chi connectivity index (χ3v) is 3.52. The van der Waals surface area contributed by atoms with Crippen LogP contribution in [0.4, 0.5) is 17.6 Å². The molecule has 92 valence electrons. The number of alkyl halides is 4. The molecule has 1 aromatic heterocycles. The van der Waals surface area contributed by atoms with Crippen LogP contribution in [-0.2, 0) is 0 Å². The summed E-state index contributed by atoms with van der Waals surface area (Å²) in [4.78, 5) is 1.10. The molecule has 1 N–H and O–H groups in total. The van der Waals surface area contributed by atoms with Crippen LogP contribution >= 0.6 is 11.3 Å². The van der Waals surface area contributed by atoms with E-state index in [2.05, 4.69) is 5.32 Å². The number of rotatable bonds is 4. The van der Waals surface area contributed by atoms with Crippen molar-refractivity contribution in [3.05, 3.63) is 21.4 Å². The van der Waals surface area contributed by atoms with Gasteiger partial charge in [-0.3, -0.25) is 0 Å². The van der Waals surface area contributed by atoms with Gasteiger partial charge < -0.3 is 5.32 Å². The molecule has 0 bridgehead atoms. The summed E-state index contributed by atoms with van der Waals surface area (Å²) in [6.07, 6.45) is -3.67. The van der Waals surface area contributed by atoms with Gasteiger partial charge in [0.1, 0.15) is 6.04 Å². The summed E-state index contributed by atoms with van der Waals surface area (Å²) < 4.78 is 51.1. The van der Waals surface area contributed by atoms with Crippen molar-refractivity contribution in [2.24, 2.45) is 0 Å². The van der Waals surface area contributed by atoms with Crippen molar-refractivity contribution in [3.63, 3.8) is 0 Å². The minimum Gasteiger partial charge on any atom is -0.307 e. The quantitative estimate of drug-likeness (QED) is 0.812. The fourth-order valence-corrected chi connectivity index (χ4v) is 2.77. The molecule has 6 heteroatoms. The second-order valence-electron chi connectivity index (χ2n) is 3.60. The first-order valence-corrected chi connectivity index (χ1v) is 5.52. The highest BCUT2D eigenvalue weighted by Crippen LogP contribution is 2.40. The summed E-state index contributed by atoms with van der Waals surface area (Å²) in [5.41, 5.74) is 0.613. The normalized spacial score (nSPS) is 14.5. The number of nitrogens with one attached hydrogen (secondary N) is 1. The maximum absolute atomic E-state index is 13.3. The van der Waals surface area contributed by atoms with Crippen molar-refractivity contribution >= 4 is 11.3 Å². The minimum atomic E-state index is -4.06. The lowest BCUT2D eigenvalue weighted by Gasteiger charge is -2.25. The Balaban J connectivity index is 3.12. The van der Waals surface area contributed by atoms with Crippen LogP contribution in [0.5, 0.6) is 0 Å². The molecule has 0 aliphatic rings. The van der Waals surface area contributed by atoms with E-state index in [9.17, 15) is 17.6 Å². The number of thiophene rings is 1. The van der Waals surface area contributed by atoms with Gasteiger partial charge in [0.15, 0.2) is 0 Å². The second kappa shape index (κ2) is 4.71. The van der Waals surface area contributed by atoms with E-state index in [1.807, 2.05) is 0 Å². The van der Waals surface area contributed by atoms with Crippen molar-refractivity contribution in [1.82, 2.24) is 5.32 Å². The average Bonchev–Trinajstić information content (AvgIpc) is 2.46. The summed E-state index contributed by atoms with van der Waals surface area (Å²) in [7, 11) is 1.26. The van der Waals surface area contributed by atoms with Gasteiger partial charge in [-0.15, -0.1) is 11.3 Å². The Morgan fingerprint density at radius 2 is 1.88 bits per heavy atom. The molecule has 1 rings (SSSR count). The van der Waals surface area contributed by atoms with Crippen molar-refractivity contribution in [3.8, 4) is 0 Å². The Bertz CT molecular complexity index is 362. The van der Waals surface area contributed by atoms with Crippen LogP contribution in [-0.4, -0.2) is 19.4 Å². The lowest BCUT2D eigenvalue weighted by molar-refractivity contribution is -0.149. The van der Waals surface area contributed by atoms with Crippen molar-refractivity contribution in [1.29, 1.82) is 0 Å². The van der Waals surface area contributed by atoms with Gasteiger partial charge >= 0.3 is 12.3 Å². The van der Waals surface area contributed by atoms with E-state index < -0.39 is 18.4 Å². The molecule has 1 aromatic rings. The predicted molar refractivity (Wildman–Crippen MR) is 56.5 cm³/mol. The first-order valence-electron chi connectivity index (χ1n) is 4.70. The molecule has 0 aliphatic heterocycles. The molecule has 1 nitrogen and oxygen atoms in total. The van der Waals surface area contributed by atoms with Gasteiger partial charge in [-0.2, -0.15) is 8.78 Å². The molecule has 1 heterocycles. The van der Waals surface area contributed by atoms with Gasteiger partial charge in [-0.1, -0.05) is 0 Å². The maximum Gasteiger partial charge on any atom is 0.327 e. The summed E-state index contributed by atoms with van der Waals surface area (Å²) in [6.45, 7) is 3.40. The molecule has 0 amide bonds. The van der Waals surface area contributed by atoms with Crippen LogP contribution in [0.3, 0.4) is 0 Å². The number of aryl methyl sites for hydroxylation is 2. The van der Waals surface area contributed by atoms with Gasteiger partial charge in [-0.25, -0.2) is 8.78 Å². The van der Waals surface area contributed by atoms with Crippen molar-refractivity contribution in [2.75, 3.05) is 7.05 Å². The SMILES string of the molecule is CNC(c1sc(C)cc1C)C(F)(F)C(F)F. The summed E-state index contributed by atoms with van der Waals surface area (Å²) >= 11 is 1.12. The Kier molecular flexibility index (Phi) is 3.96. The van der Waals surface area contributed by atoms with Crippen LogP contribution in [0, 0.1) is 13.8 Å². The van der Waals surface area contributed by atoms with Gasteiger partial charge in [0.2, 0.25) is 0 Å². The summed E-state index contributed by atoms with van der Waals surface area (Å²) in [5, 5.41) is 2.27. The molecule has 0 aliphatic carbocycles. The lowest BCUT2D eigenvalue weighted by Crippen LogP contribution is -2.41. The van der Waals surface area contributed by atoms with Gasteiger partial charge in [0.25, 0.3) is 0 Å². The fraction of sp³-hybridized carbons (Fsp3) is 0.600. The summed E-state index contributed by atoms with van der Waals surface area (Å²) in [5.74, 6) is -4.06. The standard InChI is InChI=1S/C10H13F4NS/c1-5-4-6(2)16-7(5)8(15-3)10(13,14)9(11)12/h4,8-9,15H,1-3H3. The zero-order valence-electron chi connectivity index (χ0n) is 9.15. The molecule has 16 heavy (non-hydrogen) atoms. The molecule has 0 fully saturated rings. The molecular weight excluding hydrogens is 242 g/mol. The number of halogens is 4. The van der Waals surface area contributed by atoms with Gasteiger partial charge in [0.05, 0.1) is 0 Å². The molecule has 1 unspecified atom stereocenters. The molecule has 0 saturated heterocycles. The topological polar surface area (TPSA) is 12.0 Å². The Hall–Kier alpha value is -0.620. The van der Waals surface area contributed by atoms with Crippen LogP contribution in [0.1, 0.15) is 21.4 Å². The van der Waals surface area contributed by atoms with E-state index in [1.165, 1.54) is 7.05 Å². The predicted octanol–water partition coefficient (Wildman–Crippen LogP) is 3.53. The maximum atomic E-state index is 13.3. The third kappa shape index (κ3) is 2.38. The molecule has 1 atom stereocenters. The van der Waals surface area contributed by atoms with Crippen LogP contribution in [0.2, 0.25) is 0 Å². The van der Waals surface area contributed by atoms with Crippen LogP contribution < -0.4 is 5.32 Å². The molecular formula is C10H13F4NS. The van der Waals surface area contributed by atoms with E-state index in [0.29, 0.717) is 5.56 Å². The van der Waals surface area contributed by atoms with E-state index in [1.54, 1.807) is 19.9 Å². The van der Waals surface area contributed by atoms with Crippen molar-refractivity contribution in [2.45, 2.75) is 32.2 Å². The van der Waals surface area contributed by atoms with Crippen LogP contribution in [0.25, 0.3) is 0 Å². The van der Waals surface area contributed by atoms with E-state index in [4.69, 9.17) is 0 Å². The van der Waals surface area contributed by atoms with E-state index in [-0.39, 0.29) is 4.88 Å². The molecule has 0 spiro atoms. The monoisotopic (exact) mass is 255 g/mol. The minimum absolute atomic E-state index is 0.269. The third-order valence-electron chi connectivity index (χ3n) is 2.31. The lowest BCUT2D eigenvalue weighted by atomic mass is 10.1. The second-order valence-corrected chi connectivity index (χ2v) is 4.89.